The van der Waals surface area contributed by atoms with Crippen molar-refractivity contribution in [3.8, 4) is 11.4 Å². The highest BCUT2D eigenvalue weighted by atomic mass is 19.1. The summed E-state index contributed by atoms with van der Waals surface area (Å²) < 4.78 is 15.5. The fraction of sp³-hybridized carbons (Fsp3) is 0.227. The highest BCUT2D eigenvalue weighted by Gasteiger charge is 2.28. The lowest BCUT2D eigenvalue weighted by Gasteiger charge is -2.34. The Morgan fingerprint density at radius 1 is 0.900 bits per heavy atom. The second-order valence-electron chi connectivity index (χ2n) is 7.11. The van der Waals surface area contributed by atoms with Gasteiger partial charge in [-0.1, -0.05) is 24.3 Å². The van der Waals surface area contributed by atoms with E-state index in [0.717, 1.165) is 0 Å². The van der Waals surface area contributed by atoms with Crippen LogP contribution in [0.2, 0.25) is 0 Å². The molecular formula is C22H21FN4O3. The fourth-order valence-electron chi connectivity index (χ4n) is 3.59. The zero-order valence-electron chi connectivity index (χ0n) is 16.5. The van der Waals surface area contributed by atoms with Crippen molar-refractivity contribution in [3.05, 3.63) is 77.4 Å². The molecule has 0 spiro atoms. The van der Waals surface area contributed by atoms with Crippen LogP contribution in [0.3, 0.4) is 0 Å². The van der Waals surface area contributed by atoms with Gasteiger partial charge in [-0.2, -0.15) is 5.10 Å². The molecule has 0 aliphatic carbocycles. The molecular weight excluding hydrogens is 387 g/mol. The van der Waals surface area contributed by atoms with E-state index in [0.29, 0.717) is 37.4 Å². The first-order valence-electron chi connectivity index (χ1n) is 9.63. The third-order valence-electron chi connectivity index (χ3n) is 5.31. The number of benzene rings is 2. The zero-order chi connectivity index (χ0) is 21.3. The van der Waals surface area contributed by atoms with E-state index < -0.39 is 5.82 Å². The number of halogens is 1. The predicted molar refractivity (Wildman–Crippen MR) is 108 cm³/mol. The first-order valence-corrected chi connectivity index (χ1v) is 9.63. The van der Waals surface area contributed by atoms with Gasteiger partial charge in [0, 0.05) is 26.2 Å². The number of carbonyl (C=O) groups excluding carboxylic acids is 2. The average molecular weight is 408 g/mol. The molecule has 0 radical (unpaired) electrons. The summed E-state index contributed by atoms with van der Waals surface area (Å²) in [7, 11) is 0. The molecule has 3 aromatic rings. The van der Waals surface area contributed by atoms with Crippen LogP contribution in [-0.2, 0) is 0 Å². The Morgan fingerprint density at radius 3 is 2.10 bits per heavy atom. The van der Waals surface area contributed by atoms with Crippen LogP contribution in [0, 0.1) is 12.7 Å². The first-order chi connectivity index (χ1) is 14.5. The number of hydrogen-bond donors (Lipinski definition) is 1. The van der Waals surface area contributed by atoms with Gasteiger partial charge >= 0.3 is 0 Å². The van der Waals surface area contributed by atoms with Crippen LogP contribution >= 0.6 is 0 Å². The molecule has 4 rings (SSSR count). The number of carbonyl (C=O) groups is 2. The number of aromatic hydroxyl groups is 1. The lowest BCUT2D eigenvalue weighted by molar-refractivity contribution is 0.0533. The van der Waals surface area contributed by atoms with Crippen LogP contribution in [0.25, 0.3) is 5.69 Å². The molecule has 0 unspecified atom stereocenters. The van der Waals surface area contributed by atoms with Crippen molar-refractivity contribution in [1.82, 2.24) is 19.6 Å². The molecule has 2 heterocycles. The van der Waals surface area contributed by atoms with E-state index in [1.165, 1.54) is 23.0 Å². The monoisotopic (exact) mass is 408 g/mol. The number of phenols is 1. The molecule has 0 bridgehead atoms. The number of amides is 2. The molecule has 1 aliphatic rings. The number of nitrogens with zero attached hydrogens (tertiary/aromatic N) is 4. The van der Waals surface area contributed by atoms with Crippen LogP contribution in [0.4, 0.5) is 4.39 Å². The number of para-hydroxylation sites is 2. The highest BCUT2D eigenvalue weighted by molar-refractivity contribution is 5.98. The molecule has 1 saturated heterocycles. The van der Waals surface area contributed by atoms with Gasteiger partial charge in [-0.3, -0.25) is 9.59 Å². The lowest BCUT2D eigenvalue weighted by atomic mass is 10.1. The van der Waals surface area contributed by atoms with Crippen molar-refractivity contribution in [3.63, 3.8) is 0 Å². The smallest absolute Gasteiger partial charge is 0.257 e. The Hall–Kier alpha value is -3.68. The first kappa shape index (κ1) is 19.6. The molecule has 30 heavy (non-hydrogen) atoms. The van der Waals surface area contributed by atoms with Gasteiger partial charge in [0.2, 0.25) is 0 Å². The summed E-state index contributed by atoms with van der Waals surface area (Å²) in [6.45, 7) is 3.18. The molecule has 0 atom stereocenters. The molecule has 1 fully saturated rings. The summed E-state index contributed by atoms with van der Waals surface area (Å²) in [5.41, 5.74) is 1.49. The van der Waals surface area contributed by atoms with Gasteiger partial charge in [-0.25, -0.2) is 9.07 Å². The van der Waals surface area contributed by atoms with Crippen LogP contribution < -0.4 is 0 Å². The number of aromatic nitrogens is 2. The van der Waals surface area contributed by atoms with E-state index in [9.17, 15) is 19.1 Å². The number of phenolic OH excluding ortho intramolecular Hbond substituents is 1. The molecule has 1 N–H and O–H groups in total. The van der Waals surface area contributed by atoms with Gasteiger partial charge in [0.15, 0.2) is 0 Å². The molecule has 2 amide bonds. The SMILES string of the molecule is Cc1c(C(=O)N2CCN(C(=O)c3ccccc3O)CC2)cnn1-c1ccccc1F. The summed E-state index contributed by atoms with van der Waals surface area (Å²) in [4.78, 5) is 28.9. The van der Waals surface area contributed by atoms with Gasteiger partial charge in [0.05, 0.1) is 23.0 Å². The van der Waals surface area contributed by atoms with Crippen molar-refractivity contribution >= 4 is 11.8 Å². The van der Waals surface area contributed by atoms with Gasteiger partial charge in [-0.15, -0.1) is 0 Å². The Labute approximate surface area is 173 Å². The third-order valence-corrected chi connectivity index (χ3v) is 5.31. The van der Waals surface area contributed by atoms with Crippen molar-refractivity contribution < 1.29 is 19.1 Å². The number of hydrogen-bond acceptors (Lipinski definition) is 4. The van der Waals surface area contributed by atoms with E-state index in [2.05, 4.69) is 5.10 Å². The van der Waals surface area contributed by atoms with Crippen LogP contribution in [0.1, 0.15) is 26.4 Å². The van der Waals surface area contributed by atoms with Crippen molar-refractivity contribution in [2.75, 3.05) is 26.2 Å². The molecule has 1 aromatic heterocycles. The highest BCUT2D eigenvalue weighted by Crippen LogP contribution is 2.21. The number of piperazine rings is 1. The summed E-state index contributed by atoms with van der Waals surface area (Å²) >= 11 is 0. The molecule has 7 nitrogen and oxygen atoms in total. The zero-order valence-corrected chi connectivity index (χ0v) is 16.5. The quantitative estimate of drug-likeness (QED) is 0.723. The maximum absolute atomic E-state index is 14.1. The largest absolute Gasteiger partial charge is 0.507 e. The maximum atomic E-state index is 14.1. The molecule has 0 saturated carbocycles. The summed E-state index contributed by atoms with van der Waals surface area (Å²) in [6, 6.07) is 12.7. The van der Waals surface area contributed by atoms with E-state index in [4.69, 9.17) is 0 Å². The second kappa shape index (κ2) is 7.98. The molecule has 8 heteroatoms. The number of rotatable bonds is 3. The molecule has 154 valence electrons. The van der Waals surface area contributed by atoms with Gasteiger partial charge in [0.1, 0.15) is 17.3 Å². The van der Waals surface area contributed by atoms with Crippen molar-refractivity contribution in [2.45, 2.75) is 6.92 Å². The predicted octanol–water partition coefficient (Wildman–Crippen LogP) is 2.62. The molecule has 1 aliphatic heterocycles. The van der Waals surface area contributed by atoms with E-state index in [1.54, 1.807) is 53.1 Å². The fourth-order valence-corrected chi connectivity index (χ4v) is 3.59. The Bertz CT molecular complexity index is 1100. The van der Waals surface area contributed by atoms with E-state index in [1.807, 2.05) is 0 Å². The normalized spacial score (nSPS) is 14.1. The third kappa shape index (κ3) is 3.52. The minimum Gasteiger partial charge on any atom is -0.507 e. The maximum Gasteiger partial charge on any atom is 0.257 e. The van der Waals surface area contributed by atoms with Crippen LogP contribution in [0.5, 0.6) is 5.75 Å². The van der Waals surface area contributed by atoms with Gasteiger partial charge in [0.25, 0.3) is 11.8 Å². The van der Waals surface area contributed by atoms with E-state index >= 15 is 0 Å². The second-order valence-corrected chi connectivity index (χ2v) is 7.11. The lowest BCUT2D eigenvalue weighted by Crippen LogP contribution is -2.50. The summed E-state index contributed by atoms with van der Waals surface area (Å²) in [5, 5.41) is 14.1. The Morgan fingerprint density at radius 2 is 1.47 bits per heavy atom. The van der Waals surface area contributed by atoms with Crippen LogP contribution in [0.15, 0.2) is 54.7 Å². The van der Waals surface area contributed by atoms with E-state index in [-0.39, 0.29) is 28.8 Å². The van der Waals surface area contributed by atoms with Crippen LogP contribution in [-0.4, -0.2) is 62.7 Å². The summed E-state index contributed by atoms with van der Waals surface area (Å²) in [6.07, 6.45) is 1.45. The van der Waals surface area contributed by atoms with Gasteiger partial charge < -0.3 is 14.9 Å². The minimum absolute atomic E-state index is 0.0582. The Balaban J connectivity index is 1.46. The van der Waals surface area contributed by atoms with Crippen molar-refractivity contribution in [2.24, 2.45) is 0 Å². The average Bonchev–Trinajstić information content (AvgIpc) is 3.14. The van der Waals surface area contributed by atoms with Gasteiger partial charge in [-0.05, 0) is 31.2 Å². The molecule has 2 aromatic carbocycles. The van der Waals surface area contributed by atoms with Crippen molar-refractivity contribution in [1.29, 1.82) is 0 Å². The Kier molecular flexibility index (Phi) is 5.22. The standard InChI is InChI=1S/C22H21FN4O3/c1-15-17(14-24-27(15)19-8-4-3-7-18(19)23)22(30)26-12-10-25(11-13-26)21(29)16-6-2-5-9-20(16)28/h2-9,14,28H,10-13H2,1H3. The minimum atomic E-state index is -0.418. The summed E-state index contributed by atoms with van der Waals surface area (Å²) in [5.74, 6) is -0.940. The topological polar surface area (TPSA) is 78.7 Å².